The fraction of sp³-hybridized carbons (Fsp3) is 0.250. The number of hydrogen-bond donors (Lipinski definition) is 0. The minimum absolute atomic E-state index is 0.147. The molecule has 0 N–H and O–H groups in total. The first kappa shape index (κ1) is 25.8. The standard InChI is InChI=1S/C28H26N2O6S/c1-5-13-36-20-10-8-9-18(14-20)15-24-26(31)30-25(21(27(32)33-4)17-29-28(30)37-24)19-11-12-22(34-6-2)23(16-19)35-7-3/h1,8-12,14-17,25H,6-7,13H2,2-4H3/b24-15+/t25-/m0/s1. The van der Waals surface area contributed by atoms with Gasteiger partial charge in [-0.15, -0.1) is 6.42 Å². The van der Waals surface area contributed by atoms with E-state index in [1.165, 1.54) is 29.2 Å². The van der Waals surface area contributed by atoms with Crippen LogP contribution >= 0.6 is 11.3 Å². The Morgan fingerprint density at radius 3 is 2.65 bits per heavy atom. The van der Waals surface area contributed by atoms with Crippen LogP contribution in [0.3, 0.4) is 0 Å². The molecule has 9 heteroatoms. The number of methoxy groups -OCH3 is 1. The van der Waals surface area contributed by atoms with Gasteiger partial charge in [0.25, 0.3) is 5.56 Å². The van der Waals surface area contributed by atoms with E-state index in [0.29, 0.717) is 45.4 Å². The minimum Gasteiger partial charge on any atom is -0.490 e. The van der Waals surface area contributed by atoms with Crippen LogP contribution in [0.5, 0.6) is 17.2 Å². The Kier molecular flexibility index (Phi) is 8.11. The van der Waals surface area contributed by atoms with E-state index in [2.05, 4.69) is 10.9 Å². The van der Waals surface area contributed by atoms with Crippen molar-refractivity contribution >= 4 is 23.4 Å². The number of nitrogens with zero attached hydrogens (tertiary/aromatic N) is 2. The SMILES string of the molecule is C#CCOc1cccc(/C=c2/sc3n(c2=O)[C@@H](c2ccc(OCC)c(OCC)c2)C(C(=O)OC)=CN=3)c1. The van der Waals surface area contributed by atoms with E-state index < -0.39 is 12.0 Å². The summed E-state index contributed by atoms with van der Waals surface area (Å²) in [6.07, 6.45) is 8.49. The number of benzene rings is 2. The lowest BCUT2D eigenvalue weighted by Crippen LogP contribution is -2.39. The van der Waals surface area contributed by atoms with Gasteiger partial charge in [-0.25, -0.2) is 9.79 Å². The molecule has 0 fully saturated rings. The molecule has 0 spiro atoms. The molecule has 1 atom stereocenters. The van der Waals surface area contributed by atoms with Crippen molar-refractivity contribution in [3.63, 3.8) is 0 Å². The number of carbonyl (C=O) groups excluding carboxylic acids is 1. The molecule has 0 aliphatic carbocycles. The van der Waals surface area contributed by atoms with Crippen molar-refractivity contribution in [1.82, 2.24) is 4.57 Å². The first-order chi connectivity index (χ1) is 18.0. The van der Waals surface area contributed by atoms with E-state index in [4.69, 9.17) is 25.4 Å². The average molecular weight is 519 g/mol. The van der Waals surface area contributed by atoms with Crippen LogP contribution in [0.2, 0.25) is 0 Å². The lowest BCUT2D eigenvalue weighted by molar-refractivity contribution is -0.136. The molecule has 0 bridgehead atoms. The molecule has 0 radical (unpaired) electrons. The maximum atomic E-state index is 13.7. The summed E-state index contributed by atoms with van der Waals surface area (Å²) >= 11 is 1.23. The zero-order valence-electron chi connectivity index (χ0n) is 20.7. The summed E-state index contributed by atoms with van der Waals surface area (Å²) in [6.45, 7) is 4.80. The lowest BCUT2D eigenvalue weighted by Gasteiger charge is -2.23. The van der Waals surface area contributed by atoms with Crippen molar-refractivity contribution < 1.29 is 23.7 Å². The van der Waals surface area contributed by atoms with Crippen LogP contribution in [0.1, 0.15) is 31.0 Å². The lowest BCUT2D eigenvalue weighted by atomic mass is 9.97. The molecule has 0 saturated heterocycles. The predicted molar refractivity (Wildman–Crippen MR) is 141 cm³/mol. The molecule has 4 rings (SSSR count). The van der Waals surface area contributed by atoms with Gasteiger partial charge in [0.05, 0.1) is 36.5 Å². The highest BCUT2D eigenvalue weighted by molar-refractivity contribution is 7.07. The number of fused-ring (bicyclic) bond motifs is 1. The van der Waals surface area contributed by atoms with E-state index in [1.54, 1.807) is 30.3 Å². The fourth-order valence-corrected chi connectivity index (χ4v) is 4.93. The molecule has 190 valence electrons. The summed E-state index contributed by atoms with van der Waals surface area (Å²) in [5, 5.41) is 0. The minimum atomic E-state index is -0.758. The monoisotopic (exact) mass is 518 g/mol. The zero-order valence-corrected chi connectivity index (χ0v) is 21.5. The zero-order chi connectivity index (χ0) is 26.4. The number of hydrogen-bond acceptors (Lipinski definition) is 8. The van der Waals surface area contributed by atoms with E-state index in [9.17, 15) is 9.59 Å². The van der Waals surface area contributed by atoms with Crippen LogP contribution < -0.4 is 29.1 Å². The van der Waals surface area contributed by atoms with Crippen LogP contribution in [-0.4, -0.2) is 37.5 Å². The summed E-state index contributed by atoms with van der Waals surface area (Å²) in [5.74, 6) is 3.56. The highest BCUT2D eigenvalue weighted by Crippen LogP contribution is 2.35. The van der Waals surface area contributed by atoms with Crippen molar-refractivity contribution in [2.24, 2.45) is 4.99 Å². The topological polar surface area (TPSA) is 88.3 Å². The molecule has 1 aliphatic rings. The highest BCUT2D eigenvalue weighted by atomic mass is 32.1. The Morgan fingerprint density at radius 2 is 1.92 bits per heavy atom. The third-order valence-corrected chi connectivity index (χ3v) is 6.48. The first-order valence-corrected chi connectivity index (χ1v) is 12.5. The van der Waals surface area contributed by atoms with E-state index in [0.717, 1.165) is 5.56 Å². The summed E-state index contributed by atoms with van der Waals surface area (Å²) in [6, 6.07) is 11.9. The molecule has 8 nitrogen and oxygen atoms in total. The number of thiazole rings is 1. The number of aromatic nitrogens is 1. The quantitative estimate of drug-likeness (QED) is 0.320. The fourth-order valence-electron chi connectivity index (χ4n) is 3.96. The van der Waals surface area contributed by atoms with Crippen molar-refractivity contribution in [2.75, 3.05) is 26.9 Å². The van der Waals surface area contributed by atoms with Gasteiger partial charge in [-0.2, -0.15) is 0 Å². The van der Waals surface area contributed by atoms with E-state index in [1.807, 2.05) is 32.0 Å². The molecule has 0 amide bonds. The van der Waals surface area contributed by atoms with Gasteiger partial charge < -0.3 is 18.9 Å². The highest BCUT2D eigenvalue weighted by Gasteiger charge is 2.31. The third kappa shape index (κ3) is 5.44. The molecule has 0 unspecified atom stereocenters. The Balaban J connectivity index is 1.86. The van der Waals surface area contributed by atoms with Crippen LogP contribution in [0.4, 0.5) is 0 Å². The number of terminal acetylenes is 1. The average Bonchev–Trinajstić information content (AvgIpc) is 3.22. The number of carbonyl (C=O) groups is 1. The summed E-state index contributed by atoms with van der Waals surface area (Å²) < 4.78 is 23.9. The van der Waals surface area contributed by atoms with Crippen LogP contribution in [-0.2, 0) is 9.53 Å². The second-order valence-corrected chi connectivity index (χ2v) is 8.82. The van der Waals surface area contributed by atoms with Gasteiger partial charge >= 0.3 is 5.97 Å². The van der Waals surface area contributed by atoms with Gasteiger partial charge in [0.15, 0.2) is 16.3 Å². The Hall–Kier alpha value is -4.29. The van der Waals surface area contributed by atoms with E-state index >= 15 is 0 Å². The van der Waals surface area contributed by atoms with Crippen LogP contribution in [0.15, 0.2) is 64.0 Å². The molecule has 3 aromatic rings. The normalized spacial score (nSPS) is 14.6. The Labute approximate surface area is 218 Å². The van der Waals surface area contributed by atoms with Crippen LogP contribution in [0.25, 0.3) is 6.08 Å². The molecule has 1 aliphatic heterocycles. The van der Waals surface area contributed by atoms with Gasteiger partial charge in [-0.3, -0.25) is 9.36 Å². The number of rotatable bonds is 9. The van der Waals surface area contributed by atoms with Gasteiger partial charge in [0.1, 0.15) is 12.4 Å². The Morgan fingerprint density at radius 1 is 1.14 bits per heavy atom. The van der Waals surface area contributed by atoms with Crippen molar-refractivity contribution in [2.45, 2.75) is 19.9 Å². The van der Waals surface area contributed by atoms with Crippen molar-refractivity contribution in [1.29, 1.82) is 0 Å². The predicted octanol–water partition coefficient (Wildman–Crippen LogP) is 2.83. The molecular weight excluding hydrogens is 492 g/mol. The molecule has 37 heavy (non-hydrogen) atoms. The number of ether oxygens (including phenoxy) is 4. The maximum absolute atomic E-state index is 13.7. The summed E-state index contributed by atoms with van der Waals surface area (Å²) in [5.41, 5.74) is 1.38. The summed E-state index contributed by atoms with van der Waals surface area (Å²) in [4.78, 5) is 31.3. The van der Waals surface area contributed by atoms with E-state index in [-0.39, 0.29) is 17.7 Å². The molecule has 2 heterocycles. The second-order valence-electron chi connectivity index (χ2n) is 7.81. The third-order valence-electron chi connectivity index (χ3n) is 5.49. The Bertz CT molecular complexity index is 1560. The van der Waals surface area contributed by atoms with Crippen molar-refractivity contribution in [3.8, 4) is 29.6 Å². The van der Waals surface area contributed by atoms with Gasteiger partial charge in [0, 0.05) is 6.20 Å². The van der Waals surface area contributed by atoms with Gasteiger partial charge in [0.2, 0.25) is 0 Å². The molecule has 0 saturated carbocycles. The van der Waals surface area contributed by atoms with Crippen LogP contribution in [0, 0.1) is 12.3 Å². The second kappa shape index (κ2) is 11.6. The maximum Gasteiger partial charge on any atom is 0.337 e. The summed E-state index contributed by atoms with van der Waals surface area (Å²) in [7, 11) is 1.30. The number of esters is 1. The molecular formula is C28H26N2O6S. The first-order valence-electron chi connectivity index (χ1n) is 11.7. The largest absolute Gasteiger partial charge is 0.490 e. The van der Waals surface area contributed by atoms with Gasteiger partial charge in [-0.1, -0.05) is 35.5 Å². The van der Waals surface area contributed by atoms with Gasteiger partial charge in [-0.05, 0) is 55.3 Å². The molecule has 2 aromatic carbocycles. The smallest absolute Gasteiger partial charge is 0.337 e. The molecule has 1 aromatic heterocycles. The van der Waals surface area contributed by atoms with Crippen molar-refractivity contribution in [3.05, 3.63) is 85.1 Å².